The summed E-state index contributed by atoms with van der Waals surface area (Å²) in [6.45, 7) is 2.09. The van der Waals surface area contributed by atoms with Crippen molar-refractivity contribution in [1.82, 2.24) is 4.98 Å². The van der Waals surface area contributed by atoms with Gasteiger partial charge in [0.2, 0.25) is 5.71 Å². The van der Waals surface area contributed by atoms with Crippen molar-refractivity contribution >= 4 is 33.6 Å². The second-order valence-corrected chi connectivity index (χ2v) is 6.06. The molecule has 130 valence electrons. The lowest BCUT2D eigenvalue weighted by Gasteiger charge is -2.03. The molecule has 0 unspecified atom stereocenters. The van der Waals surface area contributed by atoms with E-state index in [1.54, 1.807) is 13.2 Å². The van der Waals surface area contributed by atoms with Crippen LogP contribution in [0.15, 0.2) is 59.0 Å². The Balaban J connectivity index is 1.65. The first kappa shape index (κ1) is 16.1. The van der Waals surface area contributed by atoms with E-state index < -0.39 is 0 Å². The molecular formula is C21H18N2O3. The molecule has 1 N–H and O–H groups in total. The van der Waals surface area contributed by atoms with E-state index in [0.29, 0.717) is 5.71 Å². The fourth-order valence-electron chi connectivity index (χ4n) is 2.86. The SMILES string of the molecule is CCc1ccc(NC(=O)c2cc3cc4ccc(OC)cc4nc3o2)cc1. The minimum Gasteiger partial charge on any atom is -0.497 e. The normalized spacial score (nSPS) is 11.0. The number of hydrogen-bond acceptors (Lipinski definition) is 4. The average Bonchev–Trinajstić information content (AvgIpc) is 3.09. The van der Waals surface area contributed by atoms with E-state index >= 15 is 0 Å². The number of carbonyl (C=O) groups excluding carboxylic acids is 1. The van der Waals surface area contributed by atoms with E-state index in [-0.39, 0.29) is 11.7 Å². The number of benzene rings is 2. The van der Waals surface area contributed by atoms with Crippen molar-refractivity contribution in [3.63, 3.8) is 0 Å². The van der Waals surface area contributed by atoms with Gasteiger partial charge in [0, 0.05) is 22.5 Å². The molecule has 0 aliphatic rings. The highest BCUT2D eigenvalue weighted by Gasteiger charge is 2.14. The summed E-state index contributed by atoms with van der Waals surface area (Å²) in [7, 11) is 1.61. The summed E-state index contributed by atoms with van der Waals surface area (Å²) < 4.78 is 10.9. The number of nitrogens with zero attached hydrogens (tertiary/aromatic N) is 1. The summed E-state index contributed by atoms with van der Waals surface area (Å²) in [5, 5.41) is 4.60. The number of ether oxygens (including phenoxy) is 1. The molecule has 0 saturated heterocycles. The van der Waals surface area contributed by atoms with Gasteiger partial charge in [0.15, 0.2) is 5.76 Å². The Morgan fingerprint density at radius 3 is 2.62 bits per heavy atom. The van der Waals surface area contributed by atoms with Crippen LogP contribution in [0.5, 0.6) is 5.75 Å². The first-order chi connectivity index (χ1) is 12.7. The molecule has 0 fully saturated rings. The number of nitrogens with one attached hydrogen (secondary N) is 1. The van der Waals surface area contributed by atoms with E-state index in [4.69, 9.17) is 9.15 Å². The number of carbonyl (C=O) groups is 1. The first-order valence-corrected chi connectivity index (χ1v) is 8.45. The summed E-state index contributed by atoms with van der Waals surface area (Å²) in [6, 6.07) is 17.1. The van der Waals surface area contributed by atoms with Crippen LogP contribution < -0.4 is 10.1 Å². The largest absolute Gasteiger partial charge is 0.497 e. The zero-order valence-corrected chi connectivity index (χ0v) is 14.6. The Morgan fingerprint density at radius 1 is 1.08 bits per heavy atom. The van der Waals surface area contributed by atoms with Gasteiger partial charge in [-0.05, 0) is 48.4 Å². The molecule has 0 radical (unpaired) electrons. The Hall–Kier alpha value is -3.34. The summed E-state index contributed by atoms with van der Waals surface area (Å²) in [5.41, 5.74) is 3.14. The van der Waals surface area contributed by atoms with Gasteiger partial charge >= 0.3 is 0 Å². The van der Waals surface area contributed by atoms with Gasteiger partial charge in [-0.1, -0.05) is 19.1 Å². The van der Waals surface area contributed by atoms with E-state index in [9.17, 15) is 4.79 Å². The third kappa shape index (κ3) is 2.99. The van der Waals surface area contributed by atoms with E-state index in [1.807, 2.05) is 48.5 Å². The Bertz CT molecular complexity index is 1100. The van der Waals surface area contributed by atoms with Crippen LogP contribution in [0.25, 0.3) is 22.0 Å². The number of aromatic nitrogens is 1. The highest BCUT2D eigenvalue weighted by molar-refractivity contribution is 6.05. The van der Waals surface area contributed by atoms with Gasteiger partial charge in [0.25, 0.3) is 5.91 Å². The van der Waals surface area contributed by atoms with Gasteiger partial charge in [0.05, 0.1) is 12.6 Å². The van der Waals surface area contributed by atoms with Crippen molar-refractivity contribution in [2.75, 3.05) is 12.4 Å². The summed E-state index contributed by atoms with van der Waals surface area (Å²) >= 11 is 0. The topological polar surface area (TPSA) is 64.4 Å². The second-order valence-electron chi connectivity index (χ2n) is 6.06. The fraction of sp³-hybridized carbons (Fsp3) is 0.143. The minimum atomic E-state index is -0.297. The smallest absolute Gasteiger partial charge is 0.291 e. The van der Waals surface area contributed by atoms with Gasteiger partial charge in [0.1, 0.15) is 5.75 Å². The highest BCUT2D eigenvalue weighted by Crippen LogP contribution is 2.26. The second kappa shape index (κ2) is 6.52. The Labute approximate surface area is 150 Å². The monoisotopic (exact) mass is 346 g/mol. The molecule has 0 aliphatic carbocycles. The van der Waals surface area contributed by atoms with Crippen LogP contribution in [0.2, 0.25) is 0 Å². The Morgan fingerprint density at radius 2 is 1.88 bits per heavy atom. The van der Waals surface area contributed by atoms with E-state index in [2.05, 4.69) is 17.2 Å². The number of fused-ring (bicyclic) bond motifs is 2. The summed E-state index contributed by atoms with van der Waals surface area (Å²) in [6.07, 6.45) is 0.960. The number of pyridine rings is 1. The van der Waals surface area contributed by atoms with Crippen molar-refractivity contribution < 1.29 is 13.9 Å². The molecule has 2 heterocycles. The number of furan rings is 1. The molecule has 2 aromatic heterocycles. The van der Waals surface area contributed by atoms with Crippen LogP contribution in [0.4, 0.5) is 5.69 Å². The maximum atomic E-state index is 12.5. The third-order valence-corrected chi connectivity index (χ3v) is 4.35. The third-order valence-electron chi connectivity index (χ3n) is 4.35. The Kier molecular flexibility index (Phi) is 4.05. The number of methoxy groups -OCH3 is 1. The predicted molar refractivity (Wildman–Crippen MR) is 102 cm³/mol. The molecule has 0 atom stereocenters. The quantitative estimate of drug-likeness (QED) is 0.576. The molecule has 4 rings (SSSR count). The molecule has 26 heavy (non-hydrogen) atoms. The molecule has 1 amide bonds. The number of amides is 1. The van der Waals surface area contributed by atoms with Crippen LogP contribution in [-0.2, 0) is 6.42 Å². The van der Waals surface area contributed by atoms with Crippen LogP contribution in [0.3, 0.4) is 0 Å². The molecule has 5 nitrogen and oxygen atoms in total. The molecule has 5 heteroatoms. The lowest BCUT2D eigenvalue weighted by Crippen LogP contribution is -2.10. The van der Waals surface area contributed by atoms with Gasteiger partial charge < -0.3 is 14.5 Å². The predicted octanol–water partition coefficient (Wildman–Crippen LogP) is 4.80. The van der Waals surface area contributed by atoms with Gasteiger partial charge in [-0.15, -0.1) is 0 Å². The lowest BCUT2D eigenvalue weighted by molar-refractivity contribution is 0.0998. The highest BCUT2D eigenvalue weighted by atomic mass is 16.5. The zero-order chi connectivity index (χ0) is 18.1. The maximum Gasteiger partial charge on any atom is 0.291 e. The van der Waals surface area contributed by atoms with Crippen molar-refractivity contribution in [2.24, 2.45) is 0 Å². The molecule has 4 aromatic rings. The molecule has 0 bridgehead atoms. The van der Waals surface area contributed by atoms with Crippen LogP contribution in [-0.4, -0.2) is 18.0 Å². The van der Waals surface area contributed by atoms with Crippen LogP contribution >= 0.6 is 0 Å². The molecular weight excluding hydrogens is 328 g/mol. The van der Waals surface area contributed by atoms with Gasteiger partial charge in [-0.2, -0.15) is 0 Å². The fourth-order valence-corrected chi connectivity index (χ4v) is 2.86. The van der Waals surface area contributed by atoms with E-state index in [1.165, 1.54) is 5.56 Å². The van der Waals surface area contributed by atoms with Crippen LogP contribution in [0.1, 0.15) is 23.0 Å². The molecule has 0 saturated carbocycles. The maximum absolute atomic E-state index is 12.5. The zero-order valence-electron chi connectivity index (χ0n) is 14.6. The average molecular weight is 346 g/mol. The number of hydrogen-bond donors (Lipinski definition) is 1. The van der Waals surface area contributed by atoms with Crippen molar-refractivity contribution in [3.8, 4) is 5.75 Å². The number of anilines is 1. The summed E-state index contributed by atoms with van der Waals surface area (Å²) in [5.74, 6) is 0.660. The van der Waals surface area contributed by atoms with E-state index in [0.717, 1.165) is 34.1 Å². The van der Waals surface area contributed by atoms with Gasteiger partial charge in [-0.3, -0.25) is 4.79 Å². The molecule has 0 aliphatic heterocycles. The van der Waals surface area contributed by atoms with Crippen molar-refractivity contribution in [2.45, 2.75) is 13.3 Å². The molecule has 0 spiro atoms. The first-order valence-electron chi connectivity index (χ1n) is 8.45. The summed E-state index contributed by atoms with van der Waals surface area (Å²) in [4.78, 5) is 17.0. The number of aryl methyl sites for hydroxylation is 1. The molecule has 2 aromatic carbocycles. The van der Waals surface area contributed by atoms with Gasteiger partial charge in [-0.25, -0.2) is 4.98 Å². The van der Waals surface area contributed by atoms with Crippen LogP contribution in [0, 0.1) is 0 Å². The van der Waals surface area contributed by atoms with Crippen molar-refractivity contribution in [1.29, 1.82) is 0 Å². The minimum absolute atomic E-state index is 0.231. The van der Waals surface area contributed by atoms with Crippen molar-refractivity contribution in [3.05, 3.63) is 65.9 Å². The lowest BCUT2D eigenvalue weighted by atomic mass is 10.1. The number of rotatable bonds is 4. The standard InChI is InChI=1S/C21H18N2O3/c1-3-13-4-7-16(8-5-13)22-20(24)19-11-15-10-14-6-9-17(25-2)12-18(14)23-21(15)26-19/h4-12H,3H2,1-2H3,(H,22,24).